The Morgan fingerprint density at radius 2 is 2.36 bits per heavy atom. The van der Waals surface area contributed by atoms with Gasteiger partial charge >= 0.3 is 0 Å². The molecule has 0 fully saturated rings. The van der Waals surface area contributed by atoms with Crippen molar-refractivity contribution in [3.8, 4) is 0 Å². The number of nitrogens with zero attached hydrogens (tertiary/aromatic N) is 4. The third-order valence-corrected chi connectivity index (χ3v) is 2.21. The molecule has 0 aliphatic carbocycles. The van der Waals surface area contributed by atoms with E-state index in [1.54, 1.807) is 4.68 Å². The van der Waals surface area contributed by atoms with E-state index >= 15 is 0 Å². The Labute approximate surface area is 89.8 Å². The smallest absolute Gasteiger partial charge is 0.0966 e. The number of halogens is 1. The van der Waals surface area contributed by atoms with Crippen LogP contribution in [0.4, 0.5) is 0 Å². The molecule has 0 saturated carbocycles. The van der Waals surface area contributed by atoms with Crippen LogP contribution in [0.3, 0.4) is 0 Å². The first-order chi connectivity index (χ1) is 6.58. The summed E-state index contributed by atoms with van der Waals surface area (Å²) in [5.74, 6) is 0. The van der Waals surface area contributed by atoms with Crippen molar-refractivity contribution >= 4 is 11.6 Å². The molecule has 0 aliphatic heterocycles. The fourth-order valence-electron chi connectivity index (χ4n) is 1.22. The van der Waals surface area contributed by atoms with Crippen LogP contribution in [0.15, 0.2) is 6.20 Å². The highest BCUT2D eigenvalue weighted by atomic mass is 35.5. The summed E-state index contributed by atoms with van der Waals surface area (Å²) in [4.78, 5) is 2.20. The van der Waals surface area contributed by atoms with Crippen LogP contribution < -0.4 is 0 Å². The van der Waals surface area contributed by atoms with Gasteiger partial charge in [0.25, 0.3) is 0 Å². The van der Waals surface area contributed by atoms with Crippen molar-refractivity contribution in [1.29, 1.82) is 0 Å². The highest BCUT2D eigenvalue weighted by Gasteiger charge is 2.04. The Morgan fingerprint density at radius 3 is 2.86 bits per heavy atom. The number of aromatic nitrogens is 3. The molecule has 0 radical (unpaired) electrons. The van der Waals surface area contributed by atoms with Crippen molar-refractivity contribution in [2.75, 3.05) is 13.6 Å². The summed E-state index contributed by atoms with van der Waals surface area (Å²) in [6.07, 6.45) is 2.93. The molecule has 5 heteroatoms. The fraction of sp³-hybridized carbons (Fsp3) is 0.778. The maximum atomic E-state index is 5.87. The lowest BCUT2D eigenvalue weighted by atomic mass is 10.3. The van der Waals surface area contributed by atoms with Gasteiger partial charge in [0.05, 0.1) is 5.69 Å². The van der Waals surface area contributed by atoms with Crippen LogP contribution in [0.2, 0.25) is 0 Å². The highest BCUT2D eigenvalue weighted by Crippen LogP contribution is 2.03. The van der Waals surface area contributed by atoms with Crippen LogP contribution in [-0.4, -0.2) is 38.9 Å². The second-order valence-electron chi connectivity index (χ2n) is 3.69. The summed E-state index contributed by atoms with van der Waals surface area (Å²) in [5.41, 5.74) is 0.997. The summed E-state index contributed by atoms with van der Waals surface area (Å²) < 4.78 is 1.72. The monoisotopic (exact) mass is 216 g/mol. The van der Waals surface area contributed by atoms with E-state index in [0.29, 0.717) is 0 Å². The minimum Gasteiger partial charge on any atom is -0.300 e. The van der Waals surface area contributed by atoms with E-state index in [9.17, 15) is 0 Å². The lowest BCUT2D eigenvalue weighted by Gasteiger charge is -2.15. The molecule has 0 spiro atoms. The molecule has 1 aromatic heterocycles. The van der Waals surface area contributed by atoms with Gasteiger partial charge in [-0.25, -0.2) is 0 Å². The molecule has 1 aromatic rings. The first-order valence-electron chi connectivity index (χ1n) is 4.75. The molecule has 1 heterocycles. The Hall–Kier alpha value is -0.610. The zero-order valence-corrected chi connectivity index (χ0v) is 9.70. The molecule has 0 aromatic carbocycles. The molecule has 0 N–H and O–H groups in total. The van der Waals surface area contributed by atoms with Gasteiger partial charge in [0.15, 0.2) is 0 Å². The van der Waals surface area contributed by atoms with E-state index in [0.717, 1.165) is 25.2 Å². The number of alkyl halides is 1. The topological polar surface area (TPSA) is 34.0 Å². The zero-order valence-electron chi connectivity index (χ0n) is 8.94. The van der Waals surface area contributed by atoms with Crippen LogP contribution in [0, 0.1) is 0 Å². The van der Waals surface area contributed by atoms with E-state index in [4.69, 9.17) is 11.6 Å². The van der Waals surface area contributed by atoms with Gasteiger partial charge in [-0.3, -0.25) is 4.68 Å². The quantitative estimate of drug-likeness (QED) is 0.696. The molecule has 1 atom stereocenters. The number of rotatable bonds is 5. The van der Waals surface area contributed by atoms with E-state index in [2.05, 4.69) is 22.3 Å². The number of hydrogen-bond acceptors (Lipinski definition) is 3. The predicted molar refractivity (Wildman–Crippen MR) is 57.3 cm³/mol. The Balaban J connectivity index is 2.30. The van der Waals surface area contributed by atoms with Crippen molar-refractivity contribution < 1.29 is 0 Å². The largest absolute Gasteiger partial charge is 0.300 e. The molecular formula is C9H17ClN4. The molecule has 1 rings (SSSR count). The highest BCUT2D eigenvalue weighted by molar-refractivity contribution is 6.20. The van der Waals surface area contributed by atoms with Gasteiger partial charge in [-0.2, -0.15) is 0 Å². The molecule has 0 aliphatic rings. The lowest BCUT2D eigenvalue weighted by molar-refractivity contribution is 0.318. The second kappa shape index (κ2) is 5.32. The summed E-state index contributed by atoms with van der Waals surface area (Å²) in [5, 5.41) is 8.14. The van der Waals surface area contributed by atoms with Crippen molar-refractivity contribution in [2.45, 2.75) is 25.3 Å². The van der Waals surface area contributed by atoms with Gasteiger partial charge in [0.1, 0.15) is 0 Å². The summed E-state index contributed by atoms with van der Waals surface area (Å²) >= 11 is 5.87. The van der Waals surface area contributed by atoms with Gasteiger partial charge in [-0.1, -0.05) is 5.21 Å². The third kappa shape index (κ3) is 4.07. The summed E-state index contributed by atoms with van der Waals surface area (Å²) in [6.45, 7) is 3.83. The van der Waals surface area contributed by atoms with Crippen molar-refractivity contribution in [2.24, 2.45) is 7.05 Å². The molecule has 0 amide bonds. The minimum absolute atomic E-state index is 0.235. The first-order valence-corrected chi connectivity index (χ1v) is 5.19. The fourth-order valence-corrected chi connectivity index (χ4v) is 1.32. The van der Waals surface area contributed by atoms with Crippen LogP contribution in [0.25, 0.3) is 0 Å². The van der Waals surface area contributed by atoms with Gasteiger partial charge in [0, 0.05) is 25.2 Å². The maximum Gasteiger partial charge on any atom is 0.0966 e. The third-order valence-electron chi connectivity index (χ3n) is 1.99. The minimum atomic E-state index is 0.235. The van der Waals surface area contributed by atoms with E-state index < -0.39 is 0 Å². The normalized spacial score (nSPS) is 13.5. The molecule has 1 unspecified atom stereocenters. The predicted octanol–water partition coefficient (Wildman–Crippen LogP) is 1.26. The Bertz CT molecular complexity index is 272. The van der Waals surface area contributed by atoms with Gasteiger partial charge < -0.3 is 4.90 Å². The van der Waals surface area contributed by atoms with Crippen molar-refractivity contribution in [3.05, 3.63) is 11.9 Å². The summed E-state index contributed by atoms with van der Waals surface area (Å²) in [6, 6.07) is 0. The number of aryl methyl sites for hydroxylation is 1. The molecule has 14 heavy (non-hydrogen) atoms. The van der Waals surface area contributed by atoms with E-state index in [1.165, 1.54) is 0 Å². The first kappa shape index (κ1) is 11.5. The molecule has 0 bridgehead atoms. The van der Waals surface area contributed by atoms with Crippen molar-refractivity contribution in [1.82, 2.24) is 19.9 Å². The van der Waals surface area contributed by atoms with Gasteiger partial charge in [-0.05, 0) is 26.9 Å². The average molecular weight is 217 g/mol. The molecule has 4 nitrogen and oxygen atoms in total. The second-order valence-corrected chi connectivity index (χ2v) is 4.44. The number of hydrogen-bond donors (Lipinski definition) is 0. The van der Waals surface area contributed by atoms with Crippen LogP contribution >= 0.6 is 11.6 Å². The molecular weight excluding hydrogens is 200 g/mol. The van der Waals surface area contributed by atoms with Crippen LogP contribution in [0.5, 0.6) is 0 Å². The Morgan fingerprint density at radius 1 is 1.64 bits per heavy atom. The molecule has 0 saturated heterocycles. The zero-order chi connectivity index (χ0) is 10.6. The summed E-state index contributed by atoms with van der Waals surface area (Å²) in [7, 11) is 3.94. The van der Waals surface area contributed by atoms with Gasteiger partial charge in [0.2, 0.25) is 0 Å². The van der Waals surface area contributed by atoms with Crippen molar-refractivity contribution in [3.63, 3.8) is 0 Å². The van der Waals surface area contributed by atoms with Crippen LogP contribution in [0.1, 0.15) is 19.0 Å². The maximum absolute atomic E-state index is 5.87. The average Bonchev–Trinajstić information content (AvgIpc) is 2.48. The Kier molecular flexibility index (Phi) is 4.35. The molecule has 80 valence electrons. The standard InChI is InChI=1S/C9H17ClN4/c1-8(10)4-5-13(2)6-9-7-14(3)12-11-9/h7-8H,4-6H2,1-3H3. The van der Waals surface area contributed by atoms with E-state index in [-0.39, 0.29) is 5.38 Å². The van der Waals surface area contributed by atoms with E-state index in [1.807, 2.05) is 20.2 Å². The SMILES string of the molecule is CC(Cl)CCN(C)Cc1cn(C)nn1. The van der Waals surface area contributed by atoms with Gasteiger partial charge in [-0.15, -0.1) is 16.7 Å². The lowest BCUT2D eigenvalue weighted by Crippen LogP contribution is -2.21. The van der Waals surface area contributed by atoms with Crippen LogP contribution in [-0.2, 0) is 13.6 Å².